The number of ether oxygens (including phenoxy) is 2. The predicted octanol–water partition coefficient (Wildman–Crippen LogP) is 1.92. The predicted molar refractivity (Wildman–Crippen MR) is 75.4 cm³/mol. The van der Waals surface area contributed by atoms with E-state index in [1.807, 2.05) is 0 Å². The molecule has 20 heavy (non-hydrogen) atoms. The smallest absolute Gasteiger partial charge is 0.299 e. The van der Waals surface area contributed by atoms with E-state index in [1.165, 1.54) is 11.0 Å². The first-order valence-electron chi connectivity index (χ1n) is 6.37. The summed E-state index contributed by atoms with van der Waals surface area (Å²) in [5, 5.41) is 0.453. The second-order valence-electron chi connectivity index (χ2n) is 4.41. The monoisotopic (exact) mass is 297 g/mol. The number of anilines is 1. The van der Waals surface area contributed by atoms with Crippen molar-refractivity contribution in [2.75, 3.05) is 38.4 Å². The third kappa shape index (κ3) is 3.17. The molecule has 0 saturated heterocycles. The van der Waals surface area contributed by atoms with Crippen molar-refractivity contribution in [3.63, 3.8) is 0 Å². The van der Waals surface area contributed by atoms with E-state index < -0.39 is 11.7 Å². The minimum Gasteiger partial charge on any atom is -0.382 e. The molecular weight excluding hydrogens is 282 g/mol. The molecule has 0 unspecified atom stereocenters. The van der Waals surface area contributed by atoms with Gasteiger partial charge < -0.3 is 14.4 Å². The van der Waals surface area contributed by atoms with E-state index in [0.29, 0.717) is 49.1 Å². The van der Waals surface area contributed by atoms with Gasteiger partial charge in [0.05, 0.1) is 24.5 Å². The fourth-order valence-corrected chi connectivity index (χ4v) is 2.24. The van der Waals surface area contributed by atoms with E-state index in [1.54, 1.807) is 19.2 Å². The molecule has 0 atom stereocenters. The normalized spacial score (nSPS) is 14.0. The first-order valence-corrected chi connectivity index (χ1v) is 6.75. The van der Waals surface area contributed by atoms with E-state index in [-0.39, 0.29) is 0 Å². The van der Waals surface area contributed by atoms with E-state index in [4.69, 9.17) is 21.1 Å². The van der Waals surface area contributed by atoms with Gasteiger partial charge >= 0.3 is 0 Å². The van der Waals surface area contributed by atoms with E-state index in [9.17, 15) is 9.59 Å². The summed E-state index contributed by atoms with van der Waals surface area (Å²) >= 11 is 5.85. The fourth-order valence-electron chi connectivity index (χ4n) is 2.06. The quantitative estimate of drug-likeness (QED) is 0.570. The largest absolute Gasteiger partial charge is 0.382 e. The molecule has 0 radical (unpaired) electrons. The molecule has 1 amide bonds. The Kier molecular flexibility index (Phi) is 5.11. The standard InChI is InChI=1S/C14H16ClNO4/c1-19-7-8-20-6-2-5-16-12-4-3-10(15)9-11(12)13(17)14(16)18/h3-4,9H,2,5-8H2,1H3. The first kappa shape index (κ1) is 15.0. The number of methoxy groups -OCH3 is 1. The van der Waals surface area contributed by atoms with Crippen LogP contribution in [0.1, 0.15) is 16.8 Å². The van der Waals surface area contributed by atoms with Gasteiger partial charge in [0.2, 0.25) is 0 Å². The zero-order chi connectivity index (χ0) is 14.5. The number of Topliss-reactive ketones (excluding diaryl/α,β-unsaturated/α-hetero) is 1. The molecule has 108 valence electrons. The van der Waals surface area contributed by atoms with E-state index >= 15 is 0 Å². The number of halogens is 1. The van der Waals surface area contributed by atoms with Gasteiger partial charge in [-0.3, -0.25) is 9.59 Å². The summed E-state index contributed by atoms with van der Waals surface area (Å²) in [5.41, 5.74) is 1.00. The first-order chi connectivity index (χ1) is 9.65. The summed E-state index contributed by atoms with van der Waals surface area (Å²) in [6, 6.07) is 4.91. The van der Waals surface area contributed by atoms with Crippen molar-refractivity contribution in [1.29, 1.82) is 0 Å². The average molecular weight is 298 g/mol. The number of hydrogen-bond acceptors (Lipinski definition) is 4. The Bertz CT molecular complexity index is 518. The van der Waals surface area contributed by atoms with Crippen LogP contribution in [0.5, 0.6) is 0 Å². The van der Waals surface area contributed by atoms with Crippen molar-refractivity contribution in [1.82, 2.24) is 0 Å². The van der Waals surface area contributed by atoms with Gasteiger partial charge in [0, 0.05) is 25.3 Å². The Hall–Kier alpha value is -1.43. The number of hydrogen-bond donors (Lipinski definition) is 0. The SMILES string of the molecule is COCCOCCCN1C(=O)C(=O)c2cc(Cl)ccc21. The lowest BCUT2D eigenvalue weighted by Gasteiger charge is -2.16. The van der Waals surface area contributed by atoms with Gasteiger partial charge in [-0.2, -0.15) is 0 Å². The number of amides is 1. The Balaban J connectivity index is 1.93. The maximum atomic E-state index is 11.9. The number of nitrogens with zero attached hydrogens (tertiary/aromatic N) is 1. The average Bonchev–Trinajstić information content (AvgIpc) is 2.67. The van der Waals surface area contributed by atoms with Crippen LogP contribution in [0.3, 0.4) is 0 Å². The summed E-state index contributed by atoms with van der Waals surface area (Å²) in [4.78, 5) is 25.2. The highest BCUT2D eigenvalue weighted by atomic mass is 35.5. The molecule has 1 heterocycles. The van der Waals surface area contributed by atoms with E-state index in [0.717, 1.165) is 0 Å². The van der Waals surface area contributed by atoms with Gasteiger partial charge in [0.15, 0.2) is 0 Å². The molecule has 0 saturated carbocycles. The molecule has 0 bridgehead atoms. The maximum absolute atomic E-state index is 11.9. The van der Waals surface area contributed by atoms with Crippen LogP contribution in [-0.2, 0) is 14.3 Å². The van der Waals surface area contributed by atoms with Crippen molar-refractivity contribution >= 4 is 29.0 Å². The second-order valence-corrected chi connectivity index (χ2v) is 4.84. The van der Waals surface area contributed by atoms with Crippen molar-refractivity contribution < 1.29 is 19.1 Å². The highest BCUT2D eigenvalue weighted by molar-refractivity contribution is 6.52. The topological polar surface area (TPSA) is 55.8 Å². The number of carbonyl (C=O) groups is 2. The second kappa shape index (κ2) is 6.83. The zero-order valence-electron chi connectivity index (χ0n) is 11.2. The molecule has 2 rings (SSSR count). The van der Waals surface area contributed by atoms with Crippen molar-refractivity contribution in [3.05, 3.63) is 28.8 Å². The Morgan fingerprint density at radius 1 is 1.20 bits per heavy atom. The number of benzene rings is 1. The third-order valence-electron chi connectivity index (χ3n) is 3.04. The molecule has 1 aliphatic rings. The van der Waals surface area contributed by atoms with Gasteiger partial charge in [-0.25, -0.2) is 0 Å². The zero-order valence-corrected chi connectivity index (χ0v) is 12.0. The fraction of sp³-hybridized carbons (Fsp3) is 0.429. The molecule has 1 aliphatic heterocycles. The van der Waals surface area contributed by atoms with Gasteiger partial charge in [0.1, 0.15) is 0 Å². The minimum atomic E-state index is -0.501. The molecule has 0 fully saturated rings. The summed E-state index contributed by atoms with van der Waals surface area (Å²) < 4.78 is 10.2. The van der Waals surface area contributed by atoms with Gasteiger partial charge in [0.25, 0.3) is 11.7 Å². The van der Waals surface area contributed by atoms with Gasteiger partial charge in [-0.15, -0.1) is 0 Å². The minimum absolute atomic E-state index is 0.378. The molecule has 0 aliphatic carbocycles. The van der Waals surface area contributed by atoms with Gasteiger partial charge in [-0.05, 0) is 24.6 Å². The van der Waals surface area contributed by atoms with Crippen LogP contribution < -0.4 is 4.90 Å². The van der Waals surface area contributed by atoms with E-state index in [2.05, 4.69) is 0 Å². The van der Waals surface area contributed by atoms with Crippen LogP contribution in [0.15, 0.2) is 18.2 Å². The molecule has 0 aromatic heterocycles. The number of carbonyl (C=O) groups excluding carboxylic acids is 2. The highest BCUT2D eigenvalue weighted by Gasteiger charge is 2.35. The highest BCUT2D eigenvalue weighted by Crippen LogP contribution is 2.31. The van der Waals surface area contributed by atoms with Crippen LogP contribution in [0.2, 0.25) is 5.02 Å². The summed E-state index contributed by atoms with van der Waals surface area (Å²) in [6.07, 6.45) is 0.658. The summed E-state index contributed by atoms with van der Waals surface area (Å²) in [7, 11) is 1.61. The van der Waals surface area contributed by atoms with Crippen LogP contribution in [0.25, 0.3) is 0 Å². The van der Waals surface area contributed by atoms with Crippen LogP contribution in [0.4, 0.5) is 5.69 Å². The molecule has 6 heteroatoms. The van der Waals surface area contributed by atoms with Gasteiger partial charge in [-0.1, -0.05) is 11.6 Å². The summed E-state index contributed by atoms with van der Waals surface area (Å²) in [5.74, 6) is -0.998. The molecule has 5 nitrogen and oxygen atoms in total. The van der Waals surface area contributed by atoms with Crippen LogP contribution in [-0.4, -0.2) is 45.2 Å². The Morgan fingerprint density at radius 2 is 2.00 bits per heavy atom. The number of rotatable bonds is 7. The Morgan fingerprint density at radius 3 is 2.75 bits per heavy atom. The lowest BCUT2D eigenvalue weighted by Crippen LogP contribution is -2.31. The summed E-state index contributed by atoms with van der Waals surface area (Å²) in [6.45, 7) is 2.04. The number of fused-ring (bicyclic) bond motifs is 1. The number of ketones is 1. The molecule has 1 aromatic carbocycles. The molecule has 0 N–H and O–H groups in total. The molecular formula is C14H16ClNO4. The van der Waals surface area contributed by atoms with Crippen molar-refractivity contribution in [3.8, 4) is 0 Å². The van der Waals surface area contributed by atoms with Crippen molar-refractivity contribution in [2.45, 2.75) is 6.42 Å². The van der Waals surface area contributed by atoms with Crippen molar-refractivity contribution in [2.24, 2.45) is 0 Å². The maximum Gasteiger partial charge on any atom is 0.299 e. The van der Waals surface area contributed by atoms with Crippen LogP contribution >= 0.6 is 11.6 Å². The lowest BCUT2D eigenvalue weighted by molar-refractivity contribution is -0.114. The van der Waals surface area contributed by atoms with Crippen LogP contribution in [0, 0.1) is 0 Å². The molecule has 0 spiro atoms. The third-order valence-corrected chi connectivity index (χ3v) is 3.27. The molecule has 1 aromatic rings. The lowest BCUT2D eigenvalue weighted by atomic mass is 10.1. The Labute approximate surface area is 122 Å².